The summed E-state index contributed by atoms with van der Waals surface area (Å²) in [5.74, 6) is 0.267. The molecule has 3 aromatic rings. The average Bonchev–Trinajstić information content (AvgIpc) is 2.84. The fourth-order valence-corrected chi connectivity index (χ4v) is 3.81. The molecular formula is C25H27F3N4O4. The molecule has 0 aliphatic carbocycles. The fraction of sp³-hybridized carbons (Fsp3) is 0.360. The maximum Gasteiger partial charge on any atom is 0.573 e. The second-order valence-electron chi connectivity index (χ2n) is 8.29. The summed E-state index contributed by atoms with van der Waals surface area (Å²) in [7, 11) is 0. The summed E-state index contributed by atoms with van der Waals surface area (Å²) in [6.07, 6.45) is -4.77. The number of carbonyl (C=O) groups excluding carboxylic acids is 1. The summed E-state index contributed by atoms with van der Waals surface area (Å²) in [4.78, 5) is 19.3. The van der Waals surface area contributed by atoms with E-state index in [2.05, 4.69) is 25.3 Å². The van der Waals surface area contributed by atoms with Crippen LogP contribution in [0.25, 0.3) is 10.9 Å². The van der Waals surface area contributed by atoms with Gasteiger partial charge in [0.1, 0.15) is 17.3 Å². The molecule has 36 heavy (non-hydrogen) atoms. The Morgan fingerprint density at radius 1 is 1.08 bits per heavy atom. The quantitative estimate of drug-likeness (QED) is 0.452. The lowest BCUT2D eigenvalue weighted by molar-refractivity contribution is -0.274. The number of nitrogens with one attached hydrogen (secondary N) is 2. The Labute approximate surface area is 206 Å². The van der Waals surface area contributed by atoms with Crippen molar-refractivity contribution in [2.24, 2.45) is 0 Å². The Morgan fingerprint density at radius 2 is 1.81 bits per heavy atom. The topological polar surface area (TPSA) is 85.0 Å². The lowest BCUT2D eigenvalue weighted by Gasteiger charge is -2.26. The highest BCUT2D eigenvalue weighted by Crippen LogP contribution is 2.25. The summed E-state index contributed by atoms with van der Waals surface area (Å²) in [6, 6.07) is 12.2. The van der Waals surface area contributed by atoms with E-state index in [0.29, 0.717) is 5.69 Å². The summed E-state index contributed by atoms with van der Waals surface area (Å²) in [6.45, 7) is 6.80. The third kappa shape index (κ3) is 7.46. The Bertz CT molecular complexity index is 1180. The number of hydrogen-bond donors (Lipinski definition) is 2. The number of rotatable bonds is 9. The molecule has 4 rings (SSSR count). The Morgan fingerprint density at radius 3 is 2.53 bits per heavy atom. The van der Waals surface area contributed by atoms with Gasteiger partial charge in [-0.1, -0.05) is 0 Å². The molecule has 2 heterocycles. The van der Waals surface area contributed by atoms with Gasteiger partial charge in [-0.05, 0) is 61.0 Å². The average molecular weight is 505 g/mol. The van der Waals surface area contributed by atoms with Crippen LogP contribution >= 0.6 is 0 Å². The zero-order valence-electron chi connectivity index (χ0n) is 19.7. The Kier molecular flexibility index (Phi) is 8.11. The number of ether oxygens (including phenoxy) is 3. The molecular weight excluding hydrogens is 477 g/mol. The molecule has 1 aliphatic rings. The van der Waals surface area contributed by atoms with E-state index < -0.39 is 12.3 Å². The van der Waals surface area contributed by atoms with Crippen molar-refractivity contribution in [1.82, 2.24) is 9.88 Å². The largest absolute Gasteiger partial charge is 0.573 e. The molecule has 192 valence electrons. The SMILES string of the molecule is Cc1cc(NCCN2CCOCC2)nc2ccc(NC(=O)COc3ccc(OC(F)(F)F)cc3)cc12. The van der Waals surface area contributed by atoms with Crippen molar-refractivity contribution in [3.05, 3.63) is 54.1 Å². The molecule has 1 saturated heterocycles. The number of fused-ring (bicyclic) bond motifs is 1. The molecule has 2 N–H and O–H groups in total. The van der Waals surface area contributed by atoms with Gasteiger partial charge in [0.25, 0.3) is 5.91 Å². The van der Waals surface area contributed by atoms with E-state index in [1.165, 1.54) is 12.1 Å². The number of aryl methyl sites for hydroxylation is 1. The lowest BCUT2D eigenvalue weighted by Crippen LogP contribution is -2.39. The first-order valence-electron chi connectivity index (χ1n) is 11.5. The minimum absolute atomic E-state index is 0.242. The summed E-state index contributed by atoms with van der Waals surface area (Å²) < 4.78 is 51.3. The minimum Gasteiger partial charge on any atom is -0.484 e. The molecule has 1 fully saturated rings. The minimum atomic E-state index is -4.77. The number of halogens is 3. The van der Waals surface area contributed by atoms with Crippen LogP contribution in [0.4, 0.5) is 24.7 Å². The second-order valence-corrected chi connectivity index (χ2v) is 8.29. The van der Waals surface area contributed by atoms with Gasteiger partial charge in [-0.25, -0.2) is 4.98 Å². The third-order valence-corrected chi connectivity index (χ3v) is 5.56. The molecule has 1 amide bonds. The van der Waals surface area contributed by atoms with Crippen LogP contribution in [-0.2, 0) is 9.53 Å². The smallest absolute Gasteiger partial charge is 0.484 e. The van der Waals surface area contributed by atoms with Crippen LogP contribution in [0.5, 0.6) is 11.5 Å². The van der Waals surface area contributed by atoms with Crippen LogP contribution in [0.2, 0.25) is 0 Å². The third-order valence-electron chi connectivity index (χ3n) is 5.56. The van der Waals surface area contributed by atoms with Gasteiger partial charge in [0.15, 0.2) is 6.61 Å². The monoisotopic (exact) mass is 504 g/mol. The highest BCUT2D eigenvalue weighted by atomic mass is 19.4. The number of morpholine rings is 1. The van der Waals surface area contributed by atoms with Gasteiger partial charge in [0, 0.05) is 37.3 Å². The van der Waals surface area contributed by atoms with E-state index in [-0.39, 0.29) is 18.1 Å². The first kappa shape index (κ1) is 25.5. The van der Waals surface area contributed by atoms with Gasteiger partial charge in [-0.3, -0.25) is 9.69 Å². The van der Waals surface area contributed by atoms with Crippen LogP contribution in [0, 0.1) is 6.92 Å². The number of carbonyl (C=O) groups is 1. The molecule has 0 spiro atoms. The number of aromatic nitrogens is 1. The van der Waals surface area contributed by atoms with E-state index >= 15 is 0 Å². The van der Waals surface area contributed by atoms with Crippen LogP contribution < -0.4 is 20.1 Å². The molecule has 11 heteroatoms. The molecule has 0 unspecified atom stereocenters. The molecule has 0 radical (unpaired) electrons. The Hall–Kier alpha value is -3.57. The second kappa shape index (κ2) is 11.4. The number of amides is 1. The van der Waals surface area contributed by atoms with Crippen molar-refractivity contribution in [1.29, 1.82) is 0 Å². The lowest BCUT2D eigenvalue weighted by atomic mass is 10.1. The zero-order chi connectivity index (χ0) is 25.5. The van der Waals surface area contributed by atoms with E-state index in [9.17, 15) is 18.0 Å². The van der Waals surface area contributed by atoms with Crippen LogP contribution in [0.15, 0.2) is 48.5 Å². The standard InChI is InChI=1S/C25H27F3N4O4/c1-17-14-23(29-8-9-32-10-12-34-13-11-32)31-22-7-2-18(15-21(17)22)30-24(33)16-35-19-3-5-20(6-4-19)36-25(26,27)28/h2-7,14-15H,8-13,16H2,1H3,(H,29,31)(H,30,33). The van der Waals surface area contributed by atoms with E-state index in [0.717, 1.165) is 73.8 Å². The van der Waals surface area contributed by atoms with Crippen LogP contribution in [0.1, 0.15) is 5.56 Å². The van der Waals surface area contributed by atoms with Crippen LogP contribution in [0.3, 0.4) is 0 Å². The Balaban J connectivity index is 1.29. The molecule has 1 aliphatic heterocycles. The van der Waals surface area contributed by atoms with Crippen molar-refractivity contribution in [3.8, 4) is 11.5 Å². The van der Waals surface area contributed by atoms with Crippen molar-refractivity contribution < 1.29 is 32.2 Å². The number of alkyl halides is 3. The normalized spacial score (nSPS) is 14.4. The summed E-state index contributed by atoms with van der Waals surface area (Å²) >= 11 is 0. The number of nitrogens with zero attached hydrogens (tertiary/aromatic N) is 2. The fourth-order valence-electron chi connectivity index (χ4n) is 3.81. The molecule has 8 nitrogen and oxygen atoms in total. The molecule has 0 atom stereocenters. The van der Waals surface area contributed by atoms with Gasteiger partial charge in [-0.2, -0.15) is 0 Å². The van der Waals surface area contributed by atoms with Gasteiger partial charge in [0.2, 0.25) is 0 Å². The van der Waals surface area contributed by atoms with Gasteiger partial charge >= 0.3 is 6.36 Å². The van der Waals surface area contributed by atoms with Crippen molar-refractivity contribution >= 4 is 28.3 Å². The van der Waals surface area contributed by atoms with Gasteiger partial charge in [-0.15, -0.1) is 13.2 Å². The first-order chi connectivity index (χ1) is 17.2. The molecule has 0 saturated carbocycles. The van der Waals surface area contributed by atoms with E-state index in [4.69, 9.17) is 9.47 Å². The van der Waals surface area contributed by atoms with Crippen molar-refractivity contribution in [2.75, 3.05) is 56.6 Å². The van der Waals surface area contributed by atoms with Gasteiger partial charge in [0.05, 0.1) is 18.7 Å². The van der Waals surface area contributed by atoms with E-state index in [1.807, 2.05) is 25.1 Å². The summed E-state index contributed by atoms with van der Waals surface area (Å²) in [5.41, 5.74) is 2.41. The van der Waals surface area contributed by atoms with Gasteiger partial charge < -0.3 is 24.8 Å². The molecule has 2 aromatic carbocycles. The van der Waals surface area contributed by atoms with E-state index in [1.54, 1.807) is 6.07 Å². The number of benzene rings is 2. The number of pyridine rings is 1. The molecule has 0 bridgehead atoms. The maximum atomic E-state index is 12.3. The zero-order valence-corrected chi connectivity index (χ0v) is 19.7. The van der Waals surface area contributed by atoms with Crippen LogP contribution in [-0.4, -0.2) is 68.2 Å². The summed E-state index contributed by atoms with van der Waals surface area (Å²) in [5, 5.41) is 7.05. The predicted molar refractivity (Wildman–Crippen MR) is 129 cm³/mol. The number of anilines is 2. The highest BCUT2D eigenvalue weighted by molar-refractivity contribution is 5.95. The van der Waals surface area contributed by atoms with Crippen molar-refractivity contribution in [2.45, 2.75) is 13.3 Å². The predicted octanol–water partition coefficient (Wildman–Crippen LogP) is 4.20. The van der Waals surface area contributed by atoms with Crippen molar-refractivity contribution in [3.63, 3.8) is 0 Å². The highest BCUT2D eigenvalue weighted by Gasteiger charge is 2.31. The molecule has 1 aromatic heterocycles. The maximum absolute atomic E-state index is 12.3. The number of hydrogen-bond acceptors (Lipinski definition) is 7. The first-order valence-corrected chi connectivity index (χ1v) is 11.5.